The Balaban J connectivity index is 1.76. The lowest BCUT2D eigenvalue weighted by Gasteiger charge is -2.09. The van der Waals surface area contributed by atoms with E-state index in [1.165, 1.54) is 7.11 Å². The summed E-state index contributed by atoms with van der Waals surface area (Å²) >= 11 is 24.2. The fraction of sp³-hybridized carbons (Fsp3) is 0.158. The Morgan fingerprint density at radius 1 is 1.00 bits per heavy atom. The molecule has 0 radical (unpaired) electrons. The molecule has 0 fully saturated rings. The molecule has 3 N–H and O–H groups in total. The summed E-state index contributed by atoms with van der Waals surface area (Å²) < 4.78 is 4.83. The monoisotopic (exact) mass is 473 g/mol. The van der Waals surface area contributed by atoms with Gasteiger partial charge in [0.15, 0.2) is 0 Å². The van der Waals surface area contributed by atoms with Crippen LogP contribution in [0.4, 0.5) is 10.5 Å². The molecule has 0 aliphatic heterocycles. The SMILES string of the molecule is COC(=O)c1[nH]c2cc(Cl)cc(Cl)c2c1CCNC(=O)Nc1cc(Cl)cc(Cl)c1. The van der Waals surface area contributed by atoms with E-state index in [1.54, 1.807) is 30.3 Å². The quantitative estimate of drug-likeness (QED) is 0.400. The Labute approximate surface area is 186 Å². The number of carbonyl (C=O) groups excluding carboxylic acids is 2. The second-order valence-electron chi connectivity index (χ2n) is 6.07. The average molecular weight is 475 g/mol. The van der Waals surface area contributed by atoms with Gasteiger partial charge in [-0.15, -0.1) is 0 Å². The van der Waals surface area contributed by atoms with Crippen molar-refractivity contribution >= 4 is 75.0 Å². The van der Waals surface area contributed by atoms with E-state index in [4.69, 9.17) is 51.1 Å². The Morgan fingerprint density at radius 2 is 1.66 bits per heavy atom. The van der Waals surface area contributed by atoms with Crippen molar-refractivity contribution in [3.05, 3.63) is 61.7 Å². The number of aromatic amines is 1. The van der Waals surface area contributed by atoms with Crippen LogP contribution in [0.15, 0.2) is 30.3 Å². The van der Waals surface area contributed by atoms with Gasteiger partial charge < -0.3 is 20.4 Å². The summed E-state index contributed by atoms with van der Waals surface area (Å²) in [6.07, 6.45) is 0.329. The summed E-state index contributed by atoms with van der Waals surface area (Å²) in [5.74, 6) is -0.540. The number of carbonyl (C=O) groups is 2. The van der Waals surface area contributed by atoms with Crippen LogP contribution in [0.1, 0.15) is 16.1 Å². The number of halogens is 4. The first-order valence-corrected chi connectivity index (χ1v) is 9.88. The van der Waals surface area contributed by atoms with Gasteiger partial charge in [-0.05, 0) is 42.3 Å². The predicted molar refractivity (Wildman–Crippen MR) is 117 cm³/mol. The fourth-order valence-corrected chi connectivity index (χ4v) is 4.08. The van der Waals surface area contributed by atoms with Gasteiger partial charge >= 0.3 is 12.0 Å². The number of fused-ring (bicyclic) bond motifs is 1. The van der Waals surface area contributed by atoms with Gasteiger partial charge in [-0.2, -0.15) is 0 Å². The van der Waals surface area contributed by atoms with Gasteiger partial charge in [-0.1, -0.05) is 46.4 Å². The molecule has 0 aliphatic rings. The van der Waals surface area contributed by atoms with Gasteiger partial charge in [-0.3, -0.25) is 0 Å². The molecule has 0 saturated heterocycles. The molecule has 0 saturated carbocycles. The molecular weight excluding hydrogens is 460 g/mol. The van der Waals surface area contributed by atoms with Crippen LogP contribution in [0.3, 0.4) is 0 Å². The molecule has 0 unspecified atom stereocenters. The Bertz CT molecular complexity index is 1080. The molecule has 10 heteroatoms. The van der Waals surface area contributed by atoms with Crippen molar-refractivity contribution in [3.8, 4) is 0 Å². The summed E-state index contributed by atoms with van der Waals surface area (Å²) in [5.41, 5.74) is 1.95. The molecule has 29 heavy (non-hydrogen) atoms. The zero-order chi connectivity index (χ0) is 21.1. The summed E-state index contributed by atoms with van der Waals surface area (Å²) in [7, 11) is 1.29. The number of urea groups is 1. The van der Waals surface area contributed by atoms with Crippen molar-refractivity contribution in [2.24, 2.45) is 0 Å². The van der Waals surface area contributed by atoms with Crippen LogP contribution >= 0.6 is 46.4 Å². The highest BCUT2D eigenvalue weighted by atomic mass is 35.5. The van der Waals surface area contributed by atoms with E-state index < -0.39 is 12.0 Å². The maximum absolute atomic E-state index is 12.2. The van der Waals surface area contributed by atoms with Crippen molar-refractivity contribution in [1.29, 1.82) is 0 Å². The molecule has 2 aromatic carbocycles. The van der Waals surface area contributed by atoms with Crippen LogP contribution < -0.4 is 10.6 Å². The van der Waals surface area contributed by atoms with E-state index >= 15 is 0 Å². The molecule has 0 bridgehead atoms. The van der Waals surface area contributed by atoms with Crippen LogP contribution in [-0.2, 0) is 11.2 Å². The minimum absolute atomic E-state index is 0.232. The van der Waals surface area contributed by atoms with Crippen molar-refractivity contribution < 1.29 is 14.3 Å². The zero-order valence-corrected chi connectivity index (χ0v) is 18.1. The minimum Gasteiger partial charge on any atom is -0.464 e. The maximum Gasteiger partial charge on any atom is 0.354 e. The summed E-state index contributed by atoms with van der Waals surface area (Å²) in [5, 5.41) is 7.66. The largest absolute Gasteiger partial charge is 0.464 e. The van der Waals surface area contributed by atoms with Crippen molar-refractivity contribution in [2.75, 3.05) is 19.0 Å². The number of anilines is 1. The Hall–Kier alpha value is -2.12. The molecule has 0 aliphatic carbocycles. The van der Waals surface area contributed by atoms with Crippen LogP contribution in [0, 0.1) is 0 Å². The molecular formula is C19H15Cl4N3O3. The molecule has 3 aromatic rings. The number of hydrogen-bond donors (Lipinski definition) is 3. The normalized spacial score (nSPS) is 10.8. The topological polar surface area (TPSA) is 83.2 Å². The second-order valence-corrected chi connectivity index (χ2v) is 7.79. The first kappa shape index (κ1) is 21.6. The summed E-state index contributed by atoms with van der Waals surface area (Å²) in [6, 6.07) is 7.52. The number of aromatic nitrogens is 1. The fourth-order valence-electron chi connectivity index (χ4n) is 2.94. The first-order valence-electron chi connectivity index (χ1n) is 8.37. The lowest BCUT2D eigenvalue weighted by atomic mass is 10.1. The van der Waals surface area contributed by atoms with Gasteiger partial charge in [0.25, 0.3) is 0 Å². The van der Waals surface area contributed by atoms with E-state index in [9.17, 15) is 9.59 Å². The molecule has 3 rings (SSSR count). The van der Waals surface area contributed by atoms with Crippen LogP contribution in [0.2, 0.25) is 20.1 Å². The van der Waals surface area contributed by atoms with E-state index in [0.717, 1.165) is 0 Å². The molecule has 0 atom stereocenters. The number of H-pyrrole nitrogens is 1. The van der Waals surface area contributed by atoms with Crippen molar-refractivity contribution in [1.82, 2.24) is 10.3 Å². The molecule has 0 spiro atoms. The van der Waals surface area contributed by atoms with E-state index in [1.807, 2.05) is 0 Å². The number of esters is 1. The van der Waals surface area contributed by atoms with Gasteiger partial charge in [0.2, 0.25) is 0 Å². The van der Waals surface area contributed by atoms with E-state index in [0.29, 0.717) is 48.7 Å². The van der Waals surface area contributed by atoms with Crippen LogP contribution in [-0.4, -0.2) is 30.6 Å². The van der Waals surface area contributed by atoms with Crippen molar-refractivity contribution in [2.45, 2.75) is 6.42 Å². The Kier molecular flexibility index (Phi) is 6.80. The number of nitrogens with one attached hydrogen (secondary N) is 3. The van der Waals surface area contributed by atoms with Crippen LogP contribution in [0.5, 0.6) is 0 Å². The molecule has 152 valence electrons. The first-order chi connectivity index (χ1) is 13.8. The summed E-state index contributed by atoms with van der Waals surface area (Å²) in [4.78, 5) is 27.3. The van der Waals surface area contributed by atoms with Gasteiger partial charge in [-0.25, -0.2) is 9.59 Å². The molecule has 2 amide bonds. The molecule has 1 aromatic heterocycles. The number of amides is 2. The second kappa shape index (κ2) is 9.13. The average Bonchev–Trinajstić information content (AvgIpc) is 2.98. The number of hydrogen-bond acceptors (Lipinski definition) is 3. The third kappa shape index (κ3) is 5.08. The predicted octanol–water partition coefficient (Wildman–Crippen LogP) is 5.93. The van der Waals surface area contributed by atoms with Crippen molar-refractivity contribution in [3.63, 3.8) is 0 Å². The lowest BCUT2D eigenvalue weighted by molar-refractivity contribution is 0.0594. The smallest absolute Gasteiger partial charge is 0.354 e. The summed E-state index contributed by atoms with van der Waals surface area (Å²) in [6.45, 7) is 0.232. The lowest BCUT2D eigenvalue weighted by Crippen LogP contribution is -2.30. The zero-order valence-electron chi connectivity index (χ0n) is 15.0. The third-order valence-corrected chi connectivity index (χ3v) is 5.04. The highest BCUT2D eigenvalue weighted by Gasteiger charge is 2.20. The van der Waals surface area contributed by atoms with Gasteiger partial charge in [0.05, 0.1) is 12.1 Å². The van der Waals surface area contributed by atoms with E-state index in [-0.39, 0.29) is 12.2 Å². The Morgan fingerprint density at radius 3 is 2.31 bits per heavy atom. The third-order valence-electron chi connectivity index (χ3n) is 4.09. The van der Waals surface area contributed by atoms with Gasteiger partial charge in [0, 0.05) is 38.2 Å². The maximum atomic E-state index is 12.2. The highest BCUT2D eigenvalue weighted by molar-refractivity contribution is 6.39. The standard InChI is InChI=1S/C19H15Cl4N3O3/c1-29-18(27)17-13(16-14(23)7-11(22)8-15(16)26-17)2-3-24-19(28)25-12-5-9(20)4-10(21)6-12/h4-8,26H,2-3H2,1H3,(H2,24,25,28). The number of ether oxygens (including phenoxy) is 1. The highest BCUT2D eigenvalue weighted by Crippen LogP contribution is 2.33. The molecule has 1 heterocycles. The number of methoxy groups -OCH3 is 1. The molecule has 6 nitrogen and oxygen atoms in total. The van der Waals surface area contributed by atoms with Gasteiger partial charge in [0.1, 0.15) is 5.69 Å². The van der Waals surface area contributed by atoms with Crippen LogP contribution in [0.25, 0.3) is 10.9 Å². The number of benzene rings is 2. The minimum atomic E-state index is -0.540. The number of rotatable bonds is 5. The van der Waals surface area contributed by atoms with E-state index in [2.05, 4.69) is 15.6 Å².